The van der Waals surface area contributed by atoms with Gasteiger partial charge in [-0.05, 0) is 27.5 Å². The Labute approximate surface area is 212 Å². The zero-order valence-electron chi connectivity index (χ0n) is 19.9. The predicted molar refractivity (Wildman–Crippen MR) is 151 cm³/mol. The third kappa shape index (κ3) is 5.16. The van der Waals surface area contributed by atoms with Gasteiger partial charge in [-0.15, -0.1) is 0 Å². The molecule has 0 spiro atoms. The molecule has 0 fully saturated rings. The third-order valence-corrected chi connectivity index (χ3v) is 6.15. The maximum Gasteiger partial charge on any atom is 0.193 e. The normalized spacial score (nSPS) is 10.3. The largest absolute Gasteiger partial charge is 0.289 e. The lowest BCUT2D eigenvalue weighted by atomic mass is 9.87. The second-order valence-corrected chi connectivity index (χ2v) is 8.50. The van der Waals surface area contributed by atoms with Crippen LogP contribution in [0.2, 0.25) is 0 Å². The highest BCUT2D eigenvalue weighted by Crippen LogP contribution is 2.36. The summed E-state index contributed by atoms with van der Waals surface area (Å²) in [6, 6.07) is 52.5. The minimum Gasteiger partial charge on any atom is -0.289 e. The molecular formula is C35H26O. The van der Waals surface area contributed by atoms with Crippen molar-refractivity contribution in [3.8, 4) is 22.3 Å². The summed E-state index contributed by atoms with van der Waals surface area (Å²) < 4.78 is 0. The highest BCUT2D eigenvalue weighted by Gasteiger charge is 2.18. The number of fused-ring (bicyclic) bond motifs is 1. The Balaban J connectivity index is 0.000000222. The highest BCUT2D eigenvalue weighted by molar-refractivity contribution is 6.14. The molecule has 0 unspecified atom stereocenters. The average molecular weight is 463 g/mol. The molecule has 0 aromatic heterocycles. The molecule has 0 aliphatic carbocycles. The molecule has 0 heterocycles. The Bertz CT molecular complexity index is 1500. The summed E-state index contributed by atoms with van der Waals surface area (Å²) in [6.07, 6.45) is 0. The van der Waals surface area contributed by atoms with Crippen molar-refractivity contribution in [2.24, 2.45) is 0 Å². The summed E-state index contributed by atoms with van der Waals surface area (Å²) in [5.41, 5.74) is 5.63. The van der Waals surface area contributed by atoms with E-state index in [-0.39, 0.29) is 5.78 Å². The van der Waals surface area contributed by atoms with E-state index >= 15 is 0 Å². The average Bonchev–Trinajstić information content (AvgIpc) is 2.98. The van der Waals surface area contributed by atoms with Crippen molar-refractivity contribution in [3.05, 3.63) is 169 Å². The van der Waals surface area contributed by atoms with Crippen molar-refractivity contribution in [1.82, 2.24) is 0 Å². The molecular weight excluding hydrogens is 436 g/mol. The lowest BCUT2D eigenvalue weighted by Crippen LogP contribution is -2.04. The third-order valence-electron chi connectivity index (χ3n) is 6.15. The topological polar surface area (TPSA) is 17.1 Å². The van der Waals surface area contributed by atoms with Crippen LogP contribution in [0.5, 0.6) is 0 Å². The van der Waals surface area contributed by atoms with Gasteiger partial charge >= 0.3 is 0 Å². The van der Waals surface area contributed by atoms with E-state index in [2.05, 4.69) is 78.9 Å². The second-order valence-electron chi connectivity index (χ2n) is 8.50. The molecule has 0 radical (unpaired) electrons. The summed E-state index contributed by atoms with van der Waals surface area (Å²) in [6.45, 7) is 0. The molecule has 0 bridgehead atoms. The monoisotopic (exact) mass is 462 g/mol. The van der Waals surface area contributed by atoms with Gasteiger partial charge in [0.25, 0.3) is 0 Å². The SMILES string of the molecule is O=C(c1ccccc1)c1cccc(-c2ccccc2)c1-c1ccccc1.c1ccc2ccccc2c1. The number of carbonyl (C=O) groups excluding carboxylic acids is 1. The Morgan fingerprint density at radius 3 is 1.36 bits per heavy atom. The zero-order valence-corrected chi connectivity index (χ0v) is 19.9. The van der Waals surface area contributed by atoms with E-state index < -0.39 is 0 Å². The Hall–Kier alpha value is -4.75. The molecule has 6 rings (SSSR count). The maximum atomic E-state index is 13.2. The number of hydrogen-bond acceptors (Lipinski definition) is 1. The van der Waals surface area contributed by atoms with E-state index in [1.165, 1.54) is 10.8 Å². The first-order chi connectivity index (χ1) is 17.8. The fraction of sp³-hybridized carbons (Fsp3) is 0. The van der Waals surface area contributed by atoms with Gasteiger partial charge in [0.2, 0.25) is 0 Å². The van der Waals surface area contributed by atoms with Gasteiger partial charge in [-0.1, -0.05) is 158 Å². The zero-order chi connectivity index (χ0) is 24.6. The number of carbonyl (C=O) groups is 1. The lowest BCUT2D eigenvalue weighted by Gasteiger charge is -2.15. The van der Waals surface area contributed by atoms with Gasteiger partial charge in [0.1, 0.15) is 0 Å². The van der Waals surface area contributed by atoms with Crippen LogP contribution in [-0.2, 0) is 0 Å². The van der Waals surface area contributed by atoms with Crippen LogP contribution < -0.4 is 0 Å². The summed E-state index contributed by atoms with van der Waals surface area (Å²) in [4.78, 5) is 13.2. The number of rotatable bonds is 4. The Morgan fingerprint density at radius 2 is 0.833 bits per heavy atom. The number of ketones is 1. The van der Waals surface area contributed by atoms with Crippen LogP contribution in [0.3, 0.4) is 0 Å². The molecule has 6 aromatic carbocycles. The van der Waals surface area contributed by atoms with E-state index in [0.717, 1.165) is 27.8 Å². The van der Waals surface area contributed by atoms with Crippen molar-refractivity contribution < 1.29 is 4.79 Å². The van der Waals surface area contributed by atoms with Gasteiger partial charge < -0.3 is 0 Å². The van der Waals surface area contributed by atoms with Crippen LogP contribution in [0.15, 0.2) is 158 Å². The van der Waals surface area contributed by atoms with E-state index in [1.807, 2.05) is 78.9 Å². The first-order valence-electron chi connectivity index (χ1n) is 12.1. The van der Waals surface area contributed by atoms with Crippen LogP contribution in [0.1, 0.15) is 15.9 Å². The van der Waals surface area contributed by atoms with Crippen LogP contribution >= 0.6 is 0 Å². The van der Waals surface area contributed by atoms with E-state index in [4.69, 9.17) is 0 Å². The van der Waals surface area contributed by atoms with Gasteiger partial charge in [0, 0.05) is 16.7 Å². The first kappa shape index (κ1) is 23.0. The first-order valence-corrected chi connectivity index (χ1v) is 12.1. The summed E-state index contributed by atoms with van der Waals surface area (Å²) in [7, 11) is 0. The van der Waals surface area contributed by atoms with Crippen molar-refractivity contribution in [1.29, 1.82) is 0 Å². The Kier molecular flexibility index (Phi) is 7.11. The molecule has 0 aliphatic rings. The van der Waals surface area contributed by atoms with Gasteiger partial charge in [-0.25, -0.2) is 0 Å². The van der Waals surface area contributed by atoms with E-state index in [9.17, 15) is 4.79 Å². The number of hydrogen-bond donors (Lipinski definition) is 0. The molecule has 0 amide bonds. The molecule has 1 nitrogen and oxygen atoms in total. The van der Waals surface area contributed by atoms with Crippen molar-refractivity contribution in [3.63, 3.8) is 0 Å². The van der Waals surface area contributed by atoms with Crippen LogP contribution in [0.25, 0.3) is 33.0 Å². The summed E-state index contributed by atoms with van der Waals surface area (Å²) in [5, 5.41) is 2.62. The molecule has 0 saturated carbocycles. The minimum absolute atomic E-state index is 0.0437. The fourth-order valence-electron chi connectivity index (χ4n) is 4.39. The quantitative estimate of drug-likeness (QED) is 0.239. The summed E-state index contributed by atoms with van der Waals surface area (Å²) in [5.74, 6) is 0.0437. The van der Waals surface area contributed by atoms with Crippen molar-refractivity contribution >= 4 is 16.6 Å². The molecule has 0 N–H and O–H groups in total. The van der Waals surface area contributed by atoms with Gasteiger partial charge in [0.15, 0.2) is 5.78 Å². The maximum absolute atomic E-state index is 13.2. The van der Waals surface area contributed by atoms with E-state index in [1.54, 1.807) is 0 Å². The highest BCUT2D eigenvalue weighted by atomic mass is 16.1. The molecule has 0 atom stereocenters. The smallest absolute Gasteiger partial charge is 0.193 e. The molecule has 6 aromatic rings. The second kappa shape index (κ2) is 11.1. The molecule has 1 heteroatoms. The van der Waals surface area contributed by atoms with Crippen molar-refractivity contribution in [2.75, 3.05) is 0 Å². The molecule has 0 aliphatic heterocycles. The van der Waals surface area contributed by atoms with Gasteiger partial charge in [-0.2, -0.15) is 0 Å². The van der Waals surface area contributed by atoms with Crippen LogP contribution in [0.4, 0.5) is 0 Å². The fourth-order valence-corrected chi connectivity index (χ4v) is 4.39. The lowest BCUT2D eigenvalue weighted by molar-refractivity contribution is 0.103. The van der Waals surface area contributed by atoms with Crippen LogP contribution in [0, 0.1) is 0 Å². The molecule has 0 saturated heterocycles. The van der Waals surface area contributed by atoms with Gasteiger partial charge in [0.05, 0.1) is 0 Å². The predicted octanol–water partition coefficient (Wildman–Crippen LogP) is 9.09. The van der Waals surface area contributed by atoms with Crippen molar-refractivity contribution in [2.45, 2.75) is 0 Å². The standard InChI is InChI=1S/C25H18O.C10H8/c26-25(21-15-8-3-9-16-21)23-18-10-17-22(19-11-4-1-5-12-19)24(23)20-13-6-2-7-14-20;1-2-6-10-8-4-3-7-9(10)5-1/h1-18H;1-8H. The molecule has 172 valence electrons. The Morgan fingerprint density at radius 1 is 0.389 bits per heavy atom. The minimum atomic E-state index is 0.0437. The van der Waals surface area contributed by atoms with Gasteiger partial charge in [-0.3, -0.25) is 4.79 Å². The van der Waals surface area contributed by atoms with E-state index in [0.29, 0.717) is 5.56 Å². The molecule has 36 heavy (non-hydrogen) atoms. The number of benzene rings is 6. The van der Waals surface area contributed by atoms with Crippen LogP contribution in [-0.4, -0.2) is 5.78 Å². The summed E-state index contributed by atoms with van der Waals surface area (Å²) >= 11 is 0.